The summed E-state index contributed by atoms with van der Waals surface area (Å²) in [5.41, 5.74) is 12.4. The maximum atomic E-state index is 13.8. The second kappa shape index (κ2) is 14.6. The number of benzene rings is 3. The fourth-order valence-corrected chi connectivity index (χ4v) is 4.53. The Hall–Kier alpha value is -5.73. The second-order valence-corrected chi connectivity index (χ2v) is 10.4. The van der Waals surface area contributed by atoms with E-state index < -0.39 is 30.1 Å². The highest BCUT2D eigenvalue weighted by atomic mass is 19.4. The molecule has 1 heterocycles. The van der Waals surface area contributed by atoms with Gasteiger partial charge in [0.1, 0.15) is 11.9 Å². The second-order valence-electron chi connectivity index (χ2n) is 10.4. The summed E-state index contributed by atoms with van der Waals surface area (Å²) < 4.78 is 50.0. The maximum absolute atomic E-state index is 13.8. The van der Waals surface area contributed by atoms with Crippen molar-refractivity contribution in [1.82, 2.24) is 10.3 Å². The molecule has 3 amide bonds. The number of amides is 3. The van der Waals surface area contributed by atoms with Gasteiger partial charge in [-0.1, -0.05) is 18.2 Å². The average molecular weight is 655 g/mol. The molecule has 15 heteroatoms. The normalized spacial score (nSPS) is 11.9. The van der Waals surface area contributed by atoms with Gasteiger partial charge in [-0.25, -0.2) is 14.6 Å². The number of urea groups is 1. The lowest BCUT2D eigenvalue weighted by atomic mass is 10.0. The standard InChI is InChI=1S/C32H33F3N6O6/c1-4-45-26-16-21(8-11-25(26)46-18(2)3)27(40-22-9-10-24-20(15-22)12-13-38-28(24)36)29(42)39-17-19-6-5-7-23(14-19)41(31(37)44)47-30(43)32(33,34)35/h5-16,18,27,40H,4,17H2,1-3H3,(H2,36,38)(H2,37,44)(H,39,42). The van der Waals surface area contributed by atoms with Crippen LogP contribution in [0.25, 0.3) is 10.8 Å². The number of hydrogen-bond donors (Lipinski definition) is 4. The Morgan fingerprint density at radius 3 is 2.45 bits per heavy atom. The van der Waals surface area contributed by atoms with Crippen molar-refractivity contribution in [3.8, 4) is 11.5 Å². The number of halogens is 3. The van der Waals surface area contributed by atoms with Crippen LogP contribution in [0.15, 0.2) is 72.9 Å². The van der Waals surface area contributed by atoms with Crippen molar-refractivity contribution >= 4 is 45.9 Å². The molecule has 0 spiro atoms. The number of pyridine rings is 1. The Balaban J connectivity index is 1.63. The van der Waals surface area contributed by atoms with E-state index in [-0.39, 0.29) is 23.4 Å². The first kappa shape index (κ1) is 34.1. The lowest BCUT2D eigenvalue weighted by Gasteiger charge is -2.23. The van der Waals surface area contributed by atoms with E-state index in [1.807, 2.05) is 26.8 Å². The van der Waals surface area contributed by atoms with Gasteiger partial charge in [0.15, 0.2) is 11.5 Å². The Morgan fingerprint density at radius 1 is 1.00 bits per heavy atom. The van der Waals surface area contributed by atoms with Gasteiger partial charge in [-0.15, -0.1) is 5.06 Å². The van der Waals surface area contributed by atoms with Gasteiger partial charge in [0, 0.05) is 23.8 Å². The van der Waals surface area contributed by atoms with Crippen LogP contribution in [-0.4, -0.2) is 41.8 Å². The summed E-state index contributed by atoms with van der Waals surface area (Å²) in [6.07, 6.45) is -3.92. The molecule has 248 valence electrons. The number of primary amides is 1. The SMILES string of the molecule is CCOc1cc(C(Nc2ccc3c(N)nccc3c2)C(=O)NCc2cccc(N(OC(=O)C(F)(F)F)C(N)=O)c2)ccc1OC(C)C. The Morgan fingerprint density at radius 2 is 1.77 bits per heavy atom. The minimum absolute atomic E-state index is 0.0174. The smallest absolute Gasteiger partial charge is 0.490 e. The van der Waals surface area contributed by atoms with Crippen molar-refractivity contribution in [2.75, 3.05) is 22.7 Å². The van der Waals surface area contributed by atoms with Crippen LogP contribution >= 0.6 is 0 Å². The van der Waals surface area contributed by atoms with Gasteiger partial charge in [0.25, 0.3) is 0 Å². The number of rotatable bonds is 11. The van der Waals surface area contributed by atoms with Gasteiger partial charge in [0.2, 0.25) is 5.91 Å². The predicted octanol–water partition coefficient (Wildman–Crippen LogP) is 5.38. The highest BCUT2D eigenvalue weighted by molar-refractivity contribution is 5.94. The number of nitrogens with two attached hydrogens (primary N) is 2. The third kappa shape index (κ3) is 8.71. The van der Waals surface area contributed by atoms with E-state index in [4.69, 9.17) is 20.9 Å². The molecule has 0 radical (unpaired) electrons. The van der Waals surface area contributed by atoms with Gasteiger partial charge in [-0.05, 0) is 85.8 Å². The Kier molecular flexibility index (Phi) is 10.6. The van der Waals surface area contributed by atoms with Crippen molar-refractivity contribution in [1.29, 1.82) is 0 Å². The van der Waals surface area contributed by atoms with E-state index in [0.717, 1.165) is 10.8 Å². The molecule has 1 atom stereocenters. The van der Waals surface area contributed by atoms with Crippen LogP contribution in [0.3, 0.4) is 0 Å². The lowest BCUT2D eigenvalue weighted by molar-refractivity contribution is -0.199. The van der Waals surface area contributed by atoms with Crippen LogP contribution in [0.5, 0.6) is 11.5 Å². The number of aromatic nitrogens is 1. The fourth-order valence-electron chi connectivity index (χ4n) is 4.53. The molecule has 1 aromatic heterocycles. The zero-order valence-electron chi connectivity index (χ0n) is 25.6. The third-order valence-corrected chi connectivity index (χ3v) is 6.55. The minimum atomic E-state index is -5.36. The number of nitrogen functional groups attached to an aromatic ring is 1. The molecule has 4 rings (SSSR count). The molecule has 0 aliphatic rings. The zero-order chi connectivity index (χ0) is 34.3. The monoisotopic (exact) mass is 654 g/mol. The molecule has 3 aromatic carbocycles. The molecule has 6 N–H and O–H groups in total. The van der Waals surface area contributed by atoms with Gasteiger partial charge in [0.05, 0.1) is 18.4 Å². The first-order chi connectivity index (χ1) is 22.3. The number of alkyl halides is 3. The quantitative estimate of drug-likeness (QED) is 0.155. The van der Waals surface area contributed by atoms with Crippen LogP contribution < -0.4 is 36.6 Å². The molecular weight excluding hydrogens is 621 g/mol. The highest BCUT2D eigenvalue weighted by Gasteiger charge is 2.43. The number of carbonyl (C=O) groups excluding carboxylic acids is 3. The van der Waals surface area contributed by atoms with Crippen molar-refractivity contribution in [2.24, 2.45) is 5.73 Å². The number of nitrogens with one attached hydrogen (secondary N) is 2. The van der Waals surface area contributed by atoms with E-state index in [0.29, 0.717) is 40.7 Å². The third-order valence-electron chi connectivity index (χ3n) is 6.55. The summed E-state index contributed by atoms with van der Waals surface area (Å²) >= 11 is 0. The fraction of sp³-hybridized carbons (Fsp3) is 0.250. The first-order valence-electron chi connectivity index (χ1n) is 14.4. The molecule has 4 aromatic rings. The number of hydroxylamine groups is 1. The van der Waals surface area contributed by atoms with E-state index >= 15 is 0 Å². The van der Waals surface area contributed by atoms with E-state index in [1.54, 1.807) is 48.7 Å². The van der Waals surface area contributed by atoms with Crippen molar-refractivity contribution in [3.63, 3.8) is 0 Å². The number of anilines is 3. The van der Waals surface area contributed by atoms with Crippen LogP contribution in [-0.2, 0) is 21.0 Å². The number of fused-ring (bicyclic) bond motifs is 1. The number of carbonyl (C=O) groups is 3. The predicted molar refractivity (Wildman–Crippen MR) is 168 cm³/mol. The average Bonchev–Trinajstić information content (AvgIpc) is 3.01. The topological polar surface area (TPSA) is 171 Å². The molecule has 0 fully saturated rings. The molecule has 47 heavy (non-hydrogen) atoms. The van der Waals surface area contributed by atoms with Crippen LogP contribution in [0.1, 0.15) is 37.9 Å². The van der Waals surface area contributed by atoms with E-state index in [9.17, 15) is 27.6 Å². The minimum Gasteiger partial charge on any atom is -0.490 e. The van der Waals surface area contributed by atoms with Crippen LogP contribution in [0.4, 0.5) is 35.2 Å². The van der Waals surface area contributed by atoms with Gasteiger partial charge in [-0.3, -0.25) is 4.79 Å². The van der Waals surface area contributed by atoms with Crippen LogP contribution in [0.2, 0.25) is 0 Å². The Labute approximate surface area is 267 Å². The molecule has 0 bridgehead atoms. The molecule has 1 unspecified atom stereocenters. The van der Waals surface area contributed by atoms with Crippen molar-refractivity contribution in [2.45, 2.75) is 45.6 Å². The van der Waals surface area contributed by atoms with Gasteiger partial charge >= 0.3 is 18.2 Å². The molecule has 12 nitrogen and oxygen atoms in total. The molecule has 0 aliphatic carbocycles. The number of ether oxygens (including phenoxy) is 2. The number of hydrogen-bond acceptors (Lipinski definition) is 9. The molecule has 0 aliphatic heterocycles. The maximum Gasteiger partial charge on any atom is 0.493 e. The Bertz CT molecular complexity index is 1770. The van der Waals surface area contributed by atoms with Gasteiger partial charge < -0.3 is 36.4 Å². The van der Waals surface area contributed by atoms with Crippen LogP contribution in [0, 0.1) is 0 Å². The molecule has 0 saturated heterocycles. The van der Waals surface area contributed by atoms with Crippen molar-refractivity contribution < 1.29 is 41.9 Å². The zero-order valence-corrected chi connectivity index (χ0v) is 25.6. The summed E-state index contributed by atoms with van der Waals surface area (Å²) in [5.74, 6) is -1.83. The molecular formula is C32H33F3N6O6. The summed E-state index contributed by atoms with van der Waals surface area (Å²) in [6, 6.07) is 15.2. The number of nitrogens with zero attached hydrogens (tertiary/aromatic N) is 2. The molecule has 0 saturated carbocycles. The van der Waals surface area contributed by atoms with Crippen molar-refractivity contribution in [3.05, 3.63) is 84.1 Å². The highest BCUT2D eigenvalue weighted by Crippen LogP contribution is 2.34. The van der Waals surface area contributed by atoms with Gasteiger partial charge in [-0.2, -0.15) is 13.2 Å². The summed E-state index contributed by atoms with van der Waals surface area (Å²) in [4.78, 5) is 45.2. The lowest BCUT2D eigenvalue weighted by Crippen LogP contribution is -2.41. The summed E-state index contributed by atoms with van der Waals surface area (Å²) in [7, 11) is 0. The first-order valence-corrected chi connectivity index (χ1v) is 14.4. The van der Waals surface area contributed by atoms with E-state index in [2.05, 4.69) is 20.5 Å². The largest absolute Gasteiger partial charge is 0.493 e. The van der Waals surface area contributed by atoms with E-state index in [1.165, 1.54) is 18.2 Å². The summed E-state index contributed by atoms with van der Waals surface area (Å²) in [6.45, 7) is 5.79. The summed E-state index contributed by atoms with van der Waals surface area (Å²) in [5, 5.41) is 7.59.